The van der Waals surface area contributed by atoms with Gasteiger partial charge < -0.3 is 9.64 Å². The topological polar surface area (TPSA) is 66.9 Å². The highest BCUT2D eigenvalue weighted by Crippen LogP contribution is 2.34. The van der Waals surface area contributed by atoms with Crippen molar-refractivity contribution in [1.29, 1.82) is 0 Å². The number of rotatable bonds is 7. The molecule has 1 atom stereocenters. The van der Waals surface area contributed by atoms with E-state index in [1.54, 1.807) is 30.9 Å². The SMILES string of the molecule is CCN(CC)S(=O)(=O)c1ccc(OCC(=O)N2c3ccc(Br)cc3C[C@H]2C)cc1. The summed E-state index contributed by atoms with van der Waals surface area (Å²) in [6.45, 7) is 6.34. The molecule has 0 spiro atoms. The number of halogens is 1. The average molecular weight is 481 g/mol. The summed E-state index contributed by atoms with van der Waals surface area (Å²) < 4.78 is 33.1. The summed E-state index contributed by atoms with van der Waals surface area (Å²) in [5.74, 6) is 0.332. The third kappa shape index (κ3) is 4.49. The molecule has 1 aliphatic heterocycles. The molecule has 0 radical (unpaired) electrons. The highest BCUT2D eigenvalue weighted by molar-refractivity contribution is 9.10. The first-order chi connectivity index (χ1) is 13.8. The van der Waals surface area contributed by atoms with Crippen LogP contribution < -0.4 is 9.64 Å². The lowest BCUT2D eigenvalue weighted by atomic mass is 10.1. The number of amides is 1. The zero-order chi connectivity index (χ0) is 21.2. The molecule has 0 bridgehead atoms. The van der Waals surface area contributed by atoms with Gasteiger partial charge in [-0.05, 0) is 61.4 Å². The smallest absolute Gasteiger partial charge is 0.265 e. The van der Waals surface area contributed by atoms with Crippen molar-refractivity contribution in [1.82, 2.24) is 4.31 Å². The van der Waals surface area contributed by atoms with Crippen molar-refractivity contribution >= 4 is 37.5 Å². The predicted octanol–water partition coefficient (Wildman–Crippen LogP) is 3.84. The van der Waals surface area contributed by atoms with Crippen LogP contribution >= 0.6 is 15.9 Å². The van der Waals surface area contributed by atoms with E-state index in [1.807, 2.05) is 25.1 Å². The lowest BCUT2D eigenvalue weighted by Crippen LogP contribution is -2.39. The van der Waals surface area contributed by atoms with Gasteiger partial charge in [-0.25, -0.2) is 8.42 Å². The van der Waals surface area contributed by atoms with Gasteiger partial charge in [-0.1, -0.05) is 29.8 Å². The number of carbonyl (C=O) groups excluding carboxylic acids is 1. The van der Waals surface area contributed by atoms with E-state index in [1.165, 1.54) is 16.4 Å². The van der Waals surface area contributed by atoms with E-state index < -0.39 is 10.0 Å². The first-order valence-electron chi connectivity index (χ1n) is 9.61. The van der Waals surface area contributed by atoms with E-state index in [4.69, 9.17) is 4.74 Å². The van der Waals surface area contributed by atoms with E-state index in [9.17, 15) is 13.2 Å². The number of benzene rings is 2. The molecule has 6 nitrogen and oxygen atoms in total. The lowest BCUT2D eigenvalue weighted by molar-refractivity contribution is -0.120. The second kappa shape index (κ2) is 8.85. The molecule has 8 heteroatoms. The Hall–Kier alpha value is -1.90. The van der Waals surface area contributed by atoms with Gasteiger partial charge in [0, 0.05) is 29.3 Å². The molecule has 0 unspecified atom stereocenters. The molecular weight excluding hydrogens is 456 g/mol. The Morgan fingerprint density at radius 1 is 1.17 bits per heavy atom. The Morgan fingerprint density at radius 2 is 1.83 bits per heavy atom. The van der Waals surface area contributed by atoms with Gasteiger partial charge in [0.1, 0.15) is 5.75 Å². The zero-order valence-corrected chi connectivity index (χ0v) is 19.2. The van der Waals surface area contributed by atoms with Crippen LogP contribution in [0.1, 0.15) is 26.3 Å². The number of ether oxygens (including phenoxy) is 1. The van der Waals surface area contributed by atoms with Crippen molar-refractivity contribution in [3.8, 4) is 5.75 Å². The molecule has 0 saturated carbocycles. The van der Waals surface area contributed by atoms with Crippen LogP contribution in [0.15, 0.2) is 51.8 Å². The van der Waals surface area contributed by atoms with Gasteiger partial charge in [0.05, 0.1) is 4.90 Å². The number of sulfonamides is 1. The van der Waals surface area contributed by atoms with Crippen molar-refractivity contribution in [2.75, 3.05) is 24.6 Å². The van der Waals surface area contributed by atoms with E-state index >= 15 is 0 Å². The average Bonchev–Trinajstić information content (AvgIpc) is 3.02. The molecule has 1 heterocycles. The molecule has 2 aromatic rings. The van der Waals surface area contributed by atoms with E-state index in [2.05, 4.69) is 15.9 Å². The second-order valence-electron chi connectivity index (χ2n) is 6.94. The molecule has 1 aliphatic rings. The highest BCUT2D eigenvalue weighted by atomic mass is 79.9. The summed E-state index contributed by atoms with van der Waals surface area (Å²) in [6.07, 6.45) is 0.804. The van der Waals surface area contributed by atoms with Crippen LogP contribution in [0.5, 0.6) is 5.75 Å². The number of carbonyl (C=O) groups is 1. The van der Waals surface area contributed by atoms with Gasteiger partial charge in [0.15, 0.2) is 6.61 Å². The molecule has 1 amide bonds. The van der Waals surface area contributed by atoms with Crippen LogP contribution in [0, 0.1) is 0 Å². The summed E-state index contributed by atoms with van der Waals surface area (Å²) in [5, 5.41) is 0. The van der Waals surface area contributed by atoms with Crippen LogP contribution in [0.4, 0.5) is 5.69 Å². The van der Waals surface area contributed by atoms with Crippen molar-refractivity contribution in [3.63, 3.8) is 0 Å². The molecule has 29 heavy (non-hydrogen) atoms. The minimum Gasteiger partial charge on any atom is -0.484 e. The Morgan fingerprint density at radius 3 is 2.45 bits per heavy atom. The van der Waals surface area contributed by atoms with E-state index in [0.717, 1.165) is 22.1 Å². The molecule has 2 aromatic carbocycles. The maximum absolute atomic E-state index is 12.8. The van der Waals surface area contributed by atoms with Crippen molar-refractivity contribution in [2.24, 2.45) is 0 Å². The van der Waals surface area contributed by atoms with E-state index in [0.29, 0.717) is 18.8 Å². The summed E-state index contributed by atoms with van der Waals surface area (Å²) in [5.41, 5.74) is 2.04. The minimum absolute atomic E-state index is 0.0667. The monoisotopic (exact) mass is 480 g/mol. The zero-order valence-electron chi connectivity index (χ0n) is 16.8. The summed E-state index contributed by atoms with van der Waals surface area (Å²) >= 11 is 3.47. The lowest BCUT2D eigenvalue weighted by Gasteiger charge is -2.23. The summed E-state index contributed by atoms with van der Waals surface area (Å²) in [4.78, 5) is 14.7. The Bertz CT molecular complexity index is 988. The Balaban J connectivity index is 1.67. The Kier molecular flexibility index (Phi) is 6.65. The van der Waals surface area contributed by atoms with Crippen molar-refractivity contribution in [3.05, 3.63) is 52.5 Å². The first-order valence-corrected chi connectivity index (χ1v) is 11.8. The Labute approximate surface area is 180 Å². The maximum atomic E-state index is 12.8. The van der Waals surface area contributed by atoms with Crippen LogP contribution in [0.3, 0.4) is 0 Å². The number of fused-ring (bicyclic) bond motifs is 1. The molecule has 0 N–H and O–H groups in total. The number of hydrogen-bond donors (Lipinski definition) is 0. The van der Waals surface area contributed by atoms with Crippen LogP contribution in [0.2, 0.25) is 0 Å². The molecule has 0 aromatic heterocycles. The molecule has 0 saturated heterocycles. The summed E-state index contributed by atoms with van der Waals surface area (Å²) in [6, 6.07) is 12.2. The number of hydrogen-bond acceptors (Lipinski definition) is 4. The van der Waals surface area contributed by atoms with Crippen LogP contribution in [-0.2, 0) is 21.2 Å². The largest absolute Gasteiger partial charge is 0.484 e. The van der Waals surface area contributed by atoms with Crippen LogP contribution in [-0.4, -0.2) is 44.4 Å². The van der Waals surface area contributed by atoms with E-state index in [-0.39, 0.29) is 23.5 Å². The van der Waals surface area contributed by atoms with Gasteiger partial charge >= 0.3 is 0 Å². The predicted molar refractivity (Wildman–Crippen MR) is 117 cm³/mol. The third-order valence-electron chi connectivity index (χ3n) is 5.06. The normalized spacial score (nSPS) is 16.2. The summed E-state index contributed by atoms with van der Waals surface area (Å²) in [7, 11) is -3.51. The van der Waals surface area contributed by atoms with Crippen LogP contribution in [0.25, 0.3) is 0 Å². The molecule has 0 fully saturated rings. The van der Waals surface area contributed by atoms with Gasteiger partial charge in [-0.2, -0.15) is 4.31 Å². The quantitative estimate of drug-likeness (QED) is 0.603. The fourth-order valence-electron chi connectivity index (χ4n) is 3.61. The third-order valence-corrected chi connectivity index (χ3v) is 7.61. The van der Waals surface area contributed by atoms with Gasteiger partial charge in [0.2, 0.25) is 10.0 Å². The minimum atomic E-state index is -3.51. The maximum Gasteiger partial charge on any atom is 0.265 e. The molecular formula is C21H25BrN2O4S. The number of anilines is 1. The second-order valence-corrected chi connectivity index (χ2v) is 9.79. The standard InChI is InChI=1S/C21H25BrN2O4S/c1-4-23(5-2)29(26,27)19-9-7-18(8-10-19)28-14-21(25)24-15(3)12-16-13-17(22)6-11-20(16)24/h6-11,13,15H,4-5,12,14H2,1-3H3/t15-/m1/s1. The van der Waals surface area contributed by atoms with Crippen molar-refractivity contribution in [2.45, 2.75) is 38.1 Å². The number of nitrogens with zero attached hydrogens (tertiary/aromatic N) is 2. The van der Waals surface area contributed by atoms with Gasteiger partial charge in [-0.3, -0.25) is 4.79 Å². The highest BCUT2D eigenvalue weighted by Gasteiger charge is 2.31. The first kappa shape index (κ1) is 21.8. The van der Waals surface area contributed by atoms with Gasteiger partial charge in [0.25, 0.3) is 5.91 Å². The molecule has 156 valence electrons. The fourth-order valence-corrected chi connectivity index (χ4v) is 5.48. The van der Waals surface area contributed by atoms with Gasteiger partial charge in [-0.15, -0.1) is 0 Å². The molecule has 3 rings (SSSR count). The fraction of sp³-hybridized carbons (Fsp3) is 0.381. The van der Waals surface area contributed by atoms with Crippen molar-refractivity contribution < 1.29 is 17.9 Å². The molecule has 0 aliphatic carbocycles.